The van der Waals surface area contributed by atoms with Crippen LogP contribution >= 0.6 is 31.3 Å². The molecule has 0 aliphatic heterocycles. The van der Waals surface area contributed by atoms with Crippen molar-refractivity contribution in [1.29, 1.82) is 0 Å². The van der Waals surface area contributed by atoms with Gasteiger partial charge in [-0.3, -0.25) is 8.88 Å². The summed E-state index contributed by atoms with van der Waals surface area (Å²) in [6, 6.07) is 0. The quantitative estimate of drug-likeness (QED) is 0.151. The third kappa shape index (κ3) is 142. The monoisotopic (exact) mass is 429 g/mol. The molecular formula is H11CaNO15P4. The van der Waals surface area contributed by atoms with Crippen LogP contribution < -0.4 is 20.8 Å². The Balaban J connectivity index is -0.0000000622. The summed E-state index contributed by atoms with van der Waals surface area (Å²) in [4.78, 5) is 78.8. The number of rotatable bonds is 2. The van der Waals surface area contributed by atoms with Crippen LogP contribution in [0.3, 0.4) is 0 Å². The Hall–Kier alpha value is 1.70. The van der Waals surface area contributed by atoms with E-state index in [1.807, 2.05) is 0 Å². The summed E-state index contributed by atoms with van der Waals surface area (Å²) >= 11 is 0. The largest absolute Gasteiger partial charge is 2.00 e. The van der Waals surface area contributed by atoms with Gasteiger partial charge in [0.2, 0.25) is 0 Å². The molecule has 11 N–H and O–H groups in total. The van der Waals surface area contributed by atoms with E-state index in [1.54, 1.807) is 0 Å². The Morgan fingerprint density at radius 1 is 0.667 bits per heavy atom. The van der Waals surface area contributed by atoms with Crippen LogP contribution in [0.5, 0.6) is 0 Å². The van der Waals surface area contributed by atoms with E-state index >= 15 is 0 Å². The van der Waals surface area contributed by atoms with E-state index in [0.717, 1.165) is 0 Å². The van der Waals surface area contributed by atoms with Gasteiger partial charge in [0, 0.05) is 0 Å². The van der Waals surface area contributed by atoms with E-state index in [4.69, 9.17) is 43.4 Å². The van der Waals surface area contributed by atoms with Crippen LogP contribution in [0.4, 0.5) is 0 Å². The molecular weight excluding hydrogens is 418 g/mol. The zero-order chi connectivity index (χ0) is 16.7. The van der Waals surface area contributed by atoms with Gasteiger partial charge in [-0.2, -0.15) is 0 Å². The molecule has 0 radical (unpaired) electrons. The maximum absolute atomic E-state index is 9.44. The van der Waals surface area contributed by atoms with Crippen molar-refractivity contribution in [3.8, 4) is 0 Å². The average molecular weight is 429 g/mol. The Morgan fingerprint density at radius 3 is 0.810 bits per heavy atom. The van der Waals surface area contributed by atoms with E-state index in [2.05, 4.69) is 4.31 Å². The van der Waals surface area contributed by atoms with Crippen LogP contribution in [0.2, 0.25) is 0 Å². The summed E-state index contributed by atoms with van der Waals surface area (Å²) in [5.74, 6) is 0. The number of phosphoric acid groups is 4. The molecule has 0 rings (SSSR count). The molecule has 128 valence electrons. The first kappa shape index (κ1) is 34.1. The number of hydrogen-bond donors (Lipinski definition) is 8. The Kier molecular flexibility index (Phi) is 21.2. The van der Waals surface area contributed by atoms with Crippen molar-refractivity contribution in [3.05, 3.63) is 0 Å². The summed E-state index contributed by atoms with van der Waals surface area (Å²) in [5, 5.41) is 0. The van der Waals surface area contributed by atoms with Gasteiger partial charge < -0.3 is 59.6 Å². The molecule has 0 aromatic carbocycles. The molecule has 0 heterocycles. The van der Waals surface area contributed by atoms with E-state index in [0.29, 0.717) is 0 Å². The fraction of sp³-hybridized carbons (Fsp3) is 0. The topological polar surface area (TPSA) is 325 Å². The maximum atomic E-state index is 9.44. The Labute approximate surface area is 146 Å². The van der Waals surface area contributed by atoms with Gasteiger partial charge >= 0.3 is 53.4 Å². The third-order valence-corrected chi connectivity index (χ3v) is 1.83. The molecule has 0 saturated carbocycles. The summed E-state index contributed by atoms with van der Waals surface area (Å²) in [5.41, 5.74) is 0. The average Bonchev–Trinajstić information content (AvgIpc) is 1.63. The van der Waals surface area contributed by atoms with Crippen molar-refractivity contribution in [1.82, 2.24) is 6.15 Å². The van der Waals surface area contributed by atoms with Crippen LogP contribution in [0.1, 0.15) is 0 Å². The second kappa shape index (κ2) is 13.0. The Bertz CT molecular complexity index is 360. The van der Waals surface area contributed by atoms with Crippen LogP contribution in [0.25, 0.3) is 0 Å². The van der Waals surface area contributed by atoms with Gasteiger partial charge in [-0.05, 0) is 0 Å². The van der Waals surface area contributed by atoms with Gasteiger partial charge in [0.1, 0.15) is 0 Å². The van der Waals surface area contributed by atoms with E-state index in [-0.39, 0.29) is 43.9 Å². The normalized spacial score (nSPS) is 13.8. The van der Waals surface area contributed by atoms with Crippen molar-refractivity contribution in [3.63, 3.8) is 0 Å². The van der Waals surface area contributed by atoms with Gasteiger partial charge in [0.05, 0.1) is 7.82 Å². The fourth-order valence-corrected chi connectivity index (χ4v) is 1.14. The standard InChI is InChI=1S/Ca.H3N.H4O7P2.2H3O4P/c;;1-8(2,3)7-9(4,5)6;2*1-5(2,3)4/h;1H3;(H2,1,2,3)(H2,4,5,6);2*(H3,1,2,3,4)/q+2;;;;/p-2. The molecule has 1 atom stereocenters. The molecule has 1 unspecified atom stereocenters. The molecule has 0 saturated heterocycles. The maximum Gasteiger partial charge on any atom is 2.00 e. The van der Waals surface area contributed by atoms with Crippen LogP contribution in [-0.2, 0) is 22.6 Å². The molecule has 21 heteroatoms. The van der Waals surface area contributed by atoms with Crippen LogP contribution in [-0.4, -0.2) is 72.0 Å². The second-order valence-corrected chi connectivity index (χ2v) is 6.56. The predicted molar refractivity (Wildman–Crippen MR) is 58.8 cm³/mol. The molecule has 0 fully saturated rings. The van der Waals surface area contributed by atoms with Gasteiger partial charge in [0.25, 0.3) is 7.82 Å². The third-order valence-electron chi connectivity index (χ3n) is 0.203. The SMILES string of the molecule is O=P(O)(O)O.O=P(O)(O)O.O=P([O-])([O-])OP(=O)([O-])O.[Ca+2].[NH4+]. The van der Waals surface area contributed by atoms with Gasteiger partial charge in [-0.1, -0.05) is 0 Å². The molecule has 21 heavy (non-hydrogen) atoms. The minimum atomic E-state index is -5.61. The van der Waals surface area contributed by atoms with E-state index in [1.165, 1.54) is 0 Å². The second-order valence-electron chi connectivity index (χ2n) is 2.02. The molecule has 16 nitrogen and oxygen atoms in total. The molecule has 0 aromatic heterocycles. The first-order valence-electron chi connectivity index (χ1n) is 3.04. The first-order chi connectivity index (χ1) is 7.71. The Morgan fingerprint density at radius 2 is 0.810 bits per heavy atom. The molecule has 0 bridgehead atoms. The number of quaternary nitrogens is 1. The van der Waals surface area contributed by atoms with Crippen molar-refractivity contribution in [2.24, 2.45) is 0 Å². The molecule has 0 aliphatic carbocycles. The molecule has 0 spiro atoms. The minimum absolute atomic E-state index is 0. The molecule has 0 amide bonds. The smallest absolute Gasteiger partial charge is 0.790 e. The summed E-state index contributed by atoms with van der Waals surface area (Å²) in [7, 11) is -20.3. The van der Waals surface area contributed by atoms with Crippen molar-refractivity contribution in [2.45, 2.75) is 0 Å². The predicted octanol–water partition coefficient (Wildman–Crippen LogP) is -4.57. The van der Waals surface area contributed by atoms with Crippen molar-refractivity contribution >= 4 is 69.0 Å². The van der Waals surface area contributed by atoms with Crippen LogP contribution in [0.15, 0.2) is 0 Å². The summed E-state index contributed by atoms with van der Waals surface area (Å²) < 4.78 is 39.2. The number of hydrogen-bond acceptors (Lipinski definition) is 8. The van der Waals surface area contributed by atoms with Crippen molar-refractivity contribution < 1.29 is 71.5 Å². The van der Waals surface area contributed by atoms with Crippen molar-refractivity contribution in [2.75, 3.05) is 0 Å². The minimum Gasteiger partial charge on any atom is -0.790 e. The van der Waals surface area contributed by atoms with Gasteiger partial charge in [0.15, 0.2) is 0 Å². The fourth-order valence-electron chi connectivity index (χ4n) is 0.126. The molecule has 0 aromatic rings. The van der Waals surface area contributed by atoms with Gasteiger partial charge in [-0.25, -0.2) is 9.13 Å². The molecule has 0 aliphatic rings. The zero-order valence-electron chi connectivity index (χ0n) is 9.89. The van der Waals surface area contributed by atoms with Gasteiger partial charge in [-0.15, -0.1) is 0 Å². The summed E-state index contributed by atoms with van der Waals surface area (Å²) in [6.45, 7) is 0. The summed E-state index contributed by atoms with van der Waals surface area (Å²) in [6.07, 6.45) is 0. The first-order valence-corrected chi connectivity index (χ1v) is 9.13. The zero-order valence-corrected chi connectivity index (χ0v) is 15.7. The van der Waals surface area contributed by atoms with E-state index < -0.39 is 31.3 Å². The van der Waals surface area contributed by atoms with E-state index in [9.17, 15) is 23.8 Å². The van der Waals surface area contributed by atoms with Crippen LogP contribution in [0, 0.1) is 0 Å².